The molecule has 1 heterocycles. The second-order valence-corrected chi connectivity index (χ2v) is 6.91. The summed E-state index contributed by atoms with van der Waals surface area (Å²) < 4.78 is 46.7. The molecule has 29 heavy (non-hydrogen) atoms. The van der Waals surface area contributed by atoms with E-state index in [0.29, 0.717) is 10.6 Å². The Bertz CT molecular complexity index is 997. The quantitative estimate of drug-likeness (QED) is 0.533. The summed E-state index contributed by atoms with van der Waals surface area (Å²) in [7, 11) is 0. The number of carbonyl (C=O) groups excluding carboxylic acids is 1. The Labute approximate surface area is 172 Å². The molecule has 11 heteroatoms. The van der Waals surface area contributed by atoms with E-state index in [2.05, 4.69) is 20.3 Å². The van der Waals surface area contributed by atoms with Crippen molar-refractivity contribution in [2.45, 2.75) is 18.1 Å². The molecule has 0 fully saturated rings. The van der Waals surface area contributed by atoms with Gasteiger partial charge in [0, 0.05) is 12.1 Å². The summed E-state index contributed by atoms with van der Waals surface area (Å²) in [6, 6.07) is 12.5. The van der Waals surface area contributed by atoms with Crippen LogP contribution in [0.3, 0.4) is 0 Å². The maximum Gasteiger partial charge on any atom is 0.573 e. The number of nitrogens with one attached hydrogen (secondary N) is 1. The minimum Gasteiger partial charge on any atom is -0.411 e. The molecule has 1 N–H and O–H groups in total. The first-order chi connectivity index (χ1) is 13.8. The summed E-state index contributed by atoms with van der Waals surface area (Å²) in [6.45, 7) is -0.125. The minimum absolute atomic E-state index is 0.0630. The Balaban J connectivity index is 1.53. The van der Waals surface area contributed by atoms with Crippen LogP contribution >= 0.6 is 23.4 Å². The maximum atomic E-state index is 12.4. The van der Waals surface area contributed by atoms with Crippen LogP contribution in [0.15, 0.2) is 58.2 Å². The fourth-order valence-electron chi connectivity index (χ4n) is 2.26. The number of aromatic nitrogens is 2. The number of carbonyl (C=O) groups is 1. The lowest BCUT2D eigenvalue weighted by atomic mass is 10.2. The van der Waals surface area contributed by atoms with Gasteiger partial charge < -0.3 is 14.5 Å². The van der Waals surface area contributed by atoms with Gasteiger partial charge in [-0.3, -0.25) is 4.79 Å². The number of nitrogens with zero attached hydrogens (tertiary/aromatic N) is 2. The second kappa shape index (κ2) is 9.19. The molecule has 0 atom stereocenters. The zero-order valence-corrected chi connectivity index (χ0v) is 16.1. The van der Waals surface area contributed by atoms with E-state index in [0.717, 1.165) is 11.8 Å². The molecule has 0 saturated heterocycles. The Morgan fingerprint density at radius 3 is 2.62 bits per heavy atom. The summed E-state index contributed by atoms with van der Waals surface area (Å²) in [5, 5.41) is 10.9. The summed E-state index contributed by atoms with van der Waals surface area (Å²) in [6.07, 6.45) is -4.81. The van der Waals surface area contributed by atoms with E-state index in [1.165, 1.54) is 18.2 Å². The van der Waals surface area contributed by atoms with Gasteiger partial charge in [0.15, 0.2) is 0 Å². The van der Waals surface area contributed by atoms with Gasteiger partial charge in [-0.25, -0.2) is 0 Å². The van der Waals surface area contributed by atoms with Crippen LogP contribution in [-0.2, 0) is 11.3 Å². The highest BCUT2D eigenvalue weighted by molar-refractivity contribution is 7.99. The topological polar surface area (TPSA) is 77.2 Å². The van der Waals surface area contributed by atoms with E-state index in [1.807, 2.05) is 0 Å². The van der Waals surface area contributed by atoms with Gasteiger partial charge in [0.05, 0.1) is 16.3 Å². The van der Waals surface area contributed by atoms with Crippen molar-refractivity contribution in [2.24, 2.45) is 0 Å². The van der Waals surface area contributed by atoms with Crippen LogP contribution in [0.4, 0.5) is 13.2 Å². The Hall–Kier alpha value is -2.72. The predicted molar refractivity (Wildman–Crippen MR) is 100 cm³/mol. The van der Waals surface area contributed by atoms with Crippen molar-refractivity contribution >= 4 is 29.3 Å². The summed E-state index contributed by atoms with van der Waals surface area (Å²) in [5.74, 6) is -0.632. The molecule has 0 bridgehead atoms. The van der Waals surface area contributed by atoms with Crippen LogP contribution in [0.2, 0.25) is 5.02 Å². The summed E-state index contributed by atoms with van der Waals surface area (Å²) in [4.78, 5) is 12.0. The van der Waals surface area contributed by atoms with Crippen LogP contribution in [0, 0.1) is 0 Å². The van der Waals surface area contributed by atoms with Crippen LogP contribution in [0.25, 0.3) is 11.5 Å². The van der Waals surface area contributed by atoms with Crippen LogP contribution in [-0.4, -0.2) is 28.2 Å². The molecule has 3 rings (SSSR count). The normalized spacial score (nSPS) is 11.3. The molecule has 152 valence electrons. The number of thioether (sulfide) groups is 1. The Morgan fingerprint density at radius 2 is 1.86 bits per heavy atom. The minimum atomic E-state index is -4.81. The molecule has 3 aromatic rings. The third-order valence-electron chi connectivity index (χ3n) is 3.51. The number of hydrogen-bond donors (Lipinski definition) is 1. The highest BCUT2D eigenvalue weighted by Gasteiger charge is 2.32. The molecular formula is C18H13ClF3N3O3S. The fraction of sp³-hybridized carbons (Fsp3) is 0.167. The third kappa shape index (κ3) is 6.13. The van der Waals surface area contributed by atoms with Gasteiger partial charge in [-0.05, 0) is 18.2 Å². The van der Waals surface area contributed by atoms with E-state index in [1.54, 1.807) is 30.3 Å². The number of amides is 1. The van der Waals surface area contributed by atoms with Crippen molar-refractivity contribution in [1.29, 1.82) is 0 Å². The summed E-state index contributed by atoms with van der Waals surface area (Å²) >= 11 is 7.06. The van der Waals surface area contributed by atoms with Gasteiger partial charge in [0.1, 0.15) is 5.75 Å². The van der Waals surface area contributed by atoms with Crippen molar-refractivity contribution in [3.63, 3.8) is 0 Å². The van der Waals surface area contributed by atoms with Crippen molar-refractivity contribution < 1.29 is 27.1 Å². The van der Waals surface area contributed by atoms with Gasteiger partial charge in [-0.1, -0.05) is 53.7 Å². The number of ether oxygens (including phenoxy) is 1. The zero-order chi connectivity index (χ0) is 20.9. The largest absolute Gasteiger partial charge is 0.573 e. The van der Waals surface area contributed by atoms with E-state index in [-0.39, 0.29) is 34.7 Å². The number of para-hydroxylation sites is 1. The molecule has 0 aliphatic heterocycles. The Morgan fingerprint density at radius 1 is 1.14 bits per heavy atom. The Kier molecular flexibility index (Phi) is 6.65. The lowest BCUT2D eigenvalue weighted by Gasteiger charge is -2.13. The van der Waals surface area contributed by atoms with Gasteiger partial charge in [-0.2, -0.15) is 0 Å². The lowest BCUT2D eigenvalue weighted by Crippen LogP contribution is -2.25. The molecule has 2 aromatic carbocycles. The van der Waals surface area contributed by atoms with E-state index in [9.17, 15) is 18.0 Å². The SMILES string of the molecule is O=C(CSc1nnc(-c2ccccc2Cl)o1)NCc1ccccc1OC(F)(F)F. The fourth-order valence-corrected chi connectivity index (χ4v) is 3.07. The molecule has 0 unspecified atom stereocenters. The van der Waals surface area contributed by atoms with Crippen molar-refractivity contribution in [3.8, 4) is 17.2 Å². The monoisotopic (exact) mass is 443 g/mol. The maximum absolute atomic E-state index is 12.4. The highest BCUT2D eigenvalue weighted by atomic mass is 35.5. The van der Waals surface area contributed by atoms with Gasteiger partial charge in [-0.15, -0.1) is 23.4 Å². The van der Waals surface area contributed by atoms with Gasteiger partial charge in [0.2, 0.25) is 11.8 Å². The van der Waals surface area contributed by atoms with Gasteiger partial charge in [0.25, 0.3) is 5.22 Å². The number of halogens is 4. The van der Waals surface area contributed by atoms with Crippen molar-refractivity contribution in [1.82, 2.24) is 15.5 Å². The van der Waals surface area contributed by atoms with Crippen LogP contribution < -0.4 is 10.1 Å². The van der Waals surface area contributed by atoms with Crippen molar-refractivity contribution in [3.05, 3.63) is 59.1 Å². The first-order valence-electron chi connectivity index (χ1n) is 8.13. The average Bonchev–Trinajstić information content (AvgIpc) is 3.13. The third-order valence-corrected chi connectivity index (χ3v) is 4.66. The predicted octanol–water partition coefficient (Wildman–Crippen LogP) is 4.70. The lowest BCUT2D eigenvalue weighted by molar-refractivity contribution is -0.274. The van der Waals surface area contributed by atoms with E-state index >= 15 is 0 Å². The van der Waals surface area contributed by atoms with Crippen LogP contribution in [0.5, 0.6) is 5.75 Å². The number of benzene rings is 2. The molecule has 0 saturated carbocycles. The molecule has 0 aliphatic carbocycles. The first kappa shape index (κ1) is 21.0. The molecule has 1 amide bonds. The molecule has 0 radical (unpaired) electrons. The van der Waals surface area contributed by atoms with Crippen LogP contribution in [0.1, 0.15) is 5.56 Å². The molecule has 1 aromatic heterocycles. The number of alkyl halides is 3. The molecule has 0 aliphatic rings. The number of rotatable bonds is 7. The van der Waals surface area contributed by atoms with Crippen molar-refractivity contribution in [2.75, 3.05) is 5.75 Å². The standard InChI is InChI=1S/C18H13ClF3N3O3S/c19-13-7-3-2-6-12(13)16-24-25-17(27-16)29-10-15(26)23-9-11-5-1-4-8-14(11)28-18(20,21)22/h1-8H,9-10H2,(H,23,26). The molecular weight excluding hydrogens is 431 g/mol. The molecule has 6 nitrogen and oxygen atoms in total. The smallest absolute Gasteiger partial charge is 0.411 e. The average molecular weight is 444 g/mol. The number of hydrogen-bond acceptors (Lipinski definition) is 6. The second-order valence-electron chi connectivity index (χ2n) is 5.57. The first-order valence-corrected chi connectivity index (χ1v) is 9.50. The molecule has 0 spiro atoms. The summed E-state index contributed by atoms with van der Waals surface area (Å²) in [5.41, 5.74) is 0.765. The van der Waals surface area contributed by atoms with Gasteiger partial charge >= 0.3 is 6.36 Å². The zero-order valence-electron chi connectivity index (χ0n) is 14.6. The highest BCUT2D eigenvalue weighted by Crippen LogP contribution is 2.29. The van der Waals surface area contributed by atoms with E-state index < -0.39 is 12.3 Å². The van der Waals surface area contributed by atoms with E-state index in [4.69, 9.17) is 16.0 Å².